The molecule has 0 aromatic heterocycles. The second-order valence-corrected chi connectivity index (χ2v) is 5.76. The zero-order chi connectivity index (χ0) is 14.9. The van der Waals surface area contributed by atoms with E-state index in [1.165, 1.54) is 7.11 Å². The fraction of sp³-hybridized carbons (Fsp3) is 0.562. The van der Waals surface area contributed by atoms with Crippen molar-refractivity contribution in [2.75, 3.05) is 32.6 Å². The van der Waals surface area contributed by atoms with Gasteiger partial charge in [0.15, 0.2) is 5.54 Å². The molecule has 114 valence electrons. The smallest absolute Gasteiger partial charge is 0.333 e. The van der Waals surface area contributed by atoms with Crippen molar-refractivity contribution in [1.29, 1.82) is 0 Å². The maximum absolute atomic E-state index is 12.5. The number of rotatable bonds is 4. The van der Waals surface area contributed by atoms with Gasteiger partial charge in [0.25, 0.3) is 0 Å². The summed E-state index contributed by atoms with van der Waals surface area (Å²) >= 11 is 0. The van der Waals surface area contributed by atoms with Gasteiger partial charge in [0.05, 0.1) is 14.2 Å². The van der Waals surface area contributed by atoms with E-state index in [-0.39, 0.29) is 12.0 Å². The topological polar surface area (TPSA) is 50.8 Å². The number of nitrogens with zero attached hydrogens (tertiary/aromatic N) is 1. The predicted molar refractivity (Wildman–Crippen MR) is 80.6 cm³/mol. The zero-order valence-electron chi connectivity index (χ0n) is 12.6. The van der Waals surface area contributed by atoms with Crippen LogP contribution >= 0.6 is 0 Å². The van der Waals surface area contributed by atoms with Crippen molar-refractivity contribution in [2.24, 2.45) is 0 Å². The van der Waals surface area contributed by atoms with E-state index in [0.717, 1.165) is 43.8 Å². The van der Waals surface area contributed by atoms with Crippen molar-refractivity contribution < 1.29 is 14.3 Å². The first kappa shape index (κ1) is 14.2. The van der Waals surface area contributed by atoms with Crippen LogP contribution < -0.4 is 10.1 Å². The number of nitrogens with one attached hydrogen (secondary N) is 1. The van der Waals surface area contributed by atoms with Gasteiger partial charge in [-0.1, -0.05) is 0 Å². The first-order valence-electron chi connectivity index (χ1n) is 7.44. The molecule has 0 saturated carbocycles. The lowest BCUT2D eigenvalue weighted by Crippen LogP contribution is -2.54. The number of esters is 1. The number of fused-ring (bicyclic) bond motifs is 1. The van der Waals surface area contributed by atoms with Crippen LogP contribution in [0.15, 0.2) is 24.3 Å². The minimum Gasteiger partial charge on any atom is -0.497 e. The normalized spacial score (nSPS) is 28.2. The largest absolute Gasteiger partial charge is 0.497 e. The number of carbonyl (C=O) groups is 1. The van der Waals surface area contributed by atoms with Gasteiger partial charge < -0.3 is 14.8 Å². The number of benzene rings is 1. The third-order valence-electron chi connectivity index (χ3n) is 4.73. The molecule has 2 saturated heterocycles. The highest BCUT2D eigenvalue weighted by atomic mass is 16.5. The van der Waals surface area contributed by atoms with Gasteiger partial charge in [-0.3, -0.25) is 4.90 Å². The summed E-state index contributed by atoms with van der Waals surface area (Å²) in [6.45, 7) is 2.02. The standard InChI is InChI=1S/C16H22N2O3/c1-20-13-7-5-12(6-8-13)17-16(15(19)21-2)9-11-18-10-3-4-14(16)18/h5-8,14,17H,3-4,9-11H2,1-2H3. The second kappa shape index (κ2) is 5.56. The highest BCUT2D eigenvalue weighted by Crippen LogP contribution is 2.39. The molecule has 5 heteroatoms. The summed E-state index contributed by atoms with van der Waals surface area (Å²) in [5.74, 6) is 0.648. The van der Waals surface area contributed by atoms with Crippen LogP contribution in [-0.4, -0.2) is 49.8 Å². The summed E-state index contributed by atoms with van der Waals surface area (Å²) in [6, 6.07) is 7.91. The van der Waals surface area contributed by atoms with E-state index < -0.39 is 5.54 Å². The summed E-state index contributed by atoms with van der Waals surface area (Å²) in [5.41, 5.74) is 0.301. The van der Waals surface area contributed by atoms with Gasteiger partial charge in [0.2, 0.25) is 0 Å². The lowest BCUT2D eigenvalue weighted by atomic mass is 9.88. The lowest BCUT2D eigenvalue weighted by Gasteiger charge is -2.34. The third kappa shape index (κ3) is 2.35. The summed E-state index contributed by atoms with van der Waals surface area (Å²) in [6.07, 6.45) is 2.97. The van der Waals surface area contributed by atoms with Gasteiger partial charge in [-0.25, -0.2) is 4.79 Å². The minimum absolute atomic E-state index is 0.160. The molecule has 0 amide bonds. The van der Waals surface area contributed by atoms with Crippen LogP contribution in [0, 0.1) is 0 Å². The Morgan fingerprint density at radius 1 is 1.29 bits per heavy atom. The van der Waals surface area contributed by atoms with Crippen LogP contribution in [0.5, 0.6) is 5.75 Å². The molecule has 1 N–H and O–H groups in total. The van der Waals surface area contributed by atoms with Crippen molar-refractivity contribution in [2.45, 2.75) is 30.8 Å². The van der Waals surface area contributed by atoms with Crippen LogP contribution in [0.3, 0.4) is 0 Å². The minimum atomic E-state index is -0.625. The summed E-state index contributed by atoms with van der Waals surface area (Å²) < 4.78 is 10.3. The average Bonchev–Trinajstić information content (AvgIpc) is 3.11. The maximum atomic E-state index is 12.5. The molecular weight excluding hydrogens is 268 g/mol. The fourth-order valence-electron chi connectivity index (χ4n) is 3.69. The summed E-state index contributed by atoms with van der Waals surface area (Å²) in [4.78, 5) is 14.9. The molecule has 5 nitrogen and oxygen atoms in total. The summed E-state index contributed by atoms with van der Waals surface area (Å²) in [5, 5.41) is 3.46. The number of methoxy groups -OCH3 is 2. The Morgan fingerprint density at radius 2 is 2.05 bits per heavy atom. The fourth-order valence-corrected chi connectivity index (χ4v) is 3.69. The van der Waals surface area contributed by atoms with Crippen molar-refractivity contribution in [3.05, 3.63) is 24.3 Å². The van der Waals surface area contributed by atoms with E-state index in [4.69, 9.17) is 9.47 Å². The van der Waals surface area contributed by atoms with Gasteiger partial charge in [-0.15, -0.1) is 0 Å². The molecular formula is C16H22N2O3. The van der Waals surface area contributed by atoms with Crippen LogP contribution in [0.1, 0.15) is 19.3 Å². The number of anilines is 1. The highest BCUT2D eigenvalue weighted by Gasteiger charge is 2.55. The van der Waals surface area contributed by atoms with Crippen molar-refractivity contribution in [3.63, 3.8) is 0 Å². The molecule has 3 rings (SSSR count). The highest BCUT2D eigenvalue weighted by molar-refractivity contribution is 5.86. The van der Waals surface area contributed by atoms with Crippen molar-refractivity contribution >= 4 is 11.7 Å². The second-order valence-electron chi connectivity index (χ2n) is 5.76. The first-order valence-corrected chi connectivity index (χ1v) is 7.44. The van der Waals surface area contributed by atoms with Crippen LogP contribution in [0.4, 0.5) is 5.69 Å². The van der Waals surface area contributed by atoms with Crippen LogP contribution in [-0.2, 0) is 9.53 Å². The molecule has 2 heterocycles. The molecule has 2 fully saturated rings. The Morgan fingerprint density at radius 3 is 2.71 bits per heavy atom. The van der Waals surface area contributed by atoms with E-state index >= 15 is 0 Å². The number of hydrogen-bond donors (Lipinski definition) is 1. The predicted octanol–water partition coefficient (Wildman–Crippen LogP) is 1.89. The maximum Gasteiger partial charge on any atom is 0.333 e. The van der Waals surface area contributed by atoms with Gasteiger partial charge in [-0.2, -0.15) is 0 Å². The van der Waals surface area contributed by atoms with Crippen molar-refractivity contribution in [1.82, 2.24) is 4.90 Å². The molecule has 2 atom stereocenters. The molecule has 0 bridgehead atoms. The van der Waals surface area contributed by atoms with E-state index in [9.17, 15) is 4.79 Å². The van der Waals surface area contributed by atoms with Gasteiger partial charge in [-0.05, 0) is 50.1 Å². The van der Waals surface area contributed by atoms with Crippen molar-refractivity contribution in [3.8, 4) is 5.75 Å². The average molecular weight is 290 g/mol. The summed E-state index contributed by atoms with van der Waals surface area (Å²) in [7, 11) is 3.11. The molecule has 1 aromatic rings. The monoisotopic (exact) mass is 290 g/mol. The lowest BCUT2D eigenvalue weighted by molar-refractivity contribution is -0.146. The Balaban J connectivity index is 1.87. The SMILES string of the molecule is COC(=O)C1(Nc2ccc(OC)cc2)CCN2CCCC21. The number of hydrogen-bond acceptors (Lipinski definition) is 5. The van der Waals surface area contributed by atoms with E-state index in [2.05, 4.69) is 10.2 Å². The Hall–Kier alpha value is -1.75. The molecule has 0 spiro atoms. The van der Waals surface area contributed by atoms with Gasteiger partial charge >= 0.3 is 5.97 Å². The molecule has 1 aromatic carbocycles. The van der Waals surface area contributed by atoms with Crippen LogP contribution in [0.2, 0.25) is 0 Å². The molecule has 2 aliphatic rings. The Bertz CT molecular complexity index is 517. The number of carbonyl (C=O) groups excluding carboxylic acids is 1. The van der Waals surface area contributed by atoms with E-state index in [1.54, 1.807) is 7.11 Å². The zero-order valence-corrected chi connectivity index (χ0v) is 12.6. The third-order valence-corrected chi connectivity index (χ3v) is 4.73. The quantitative estimate of drug-likeness (QED) is 0.858. The van der Waals surface area contributed by atoms with Gasteiger partial charge in [0, 0.05) is 18.3 Å². The number of ether oxygens (including phenoxy) is 2. The molecule has 21 heavy (non-hydrogen) atoms. The van der Waals surface area contributed by atoms with E-state index in [1.807, 2.05) is 24.3 Å². The molecule has 0 radical (unpaired) electrons. The van der Waals surface area contributed by atoms with Crippen LogP contribution in [0.25, 0.3) is 0 Å². The molecule has 0 aliphatic carbocycles. The molecule has 2 unspecified atom stereocenters. The molecule has 2 aliphatic heterocycles. The first-order chi connectivity index (χ1) is 10.2. The van der Waals surface area contributed by atoms with E-state index in [0.29, 0.717) is 0 Å². The Labute approximate surface area is 125 Å². The van der Waals surface area contributed by atoms with Gasteiger partial charge in [0.1, 0.15) is 5.75 Å². The Kier molecular flexibility index (Phi) is 3.76.